The van der Waals surface area contributed by atoms with Gasteiger partial charge in [-0.3, -0.25) is 10.2 Å². The molecule has 3 heterocycles. The molecule has 1 aromatic heterocycles. The lowest BCUT2D eigenvalue weighted by molar-refractivity contribution is -0.122. The average molecular weight is 384 g/mol. The second-order valence-electron chi connectivity index (χ2n) is 8.96. The summed E-state index contributed by atoms with van der Waals surface area (Å²) in [7, 11) is 0. The summed E-state index contributed by atoms with van der Waals surface area (Å²) < 4.78 is 0. The number of anilines is 1. The first-order chi connectivity index (χ1) is 13.4. The minimum Gasteiger partial charge on any atom is -0.394 e. The fourth-order valence-electron chi connectivity index (χ4n) is 5.23. The smallest absolute Gasteiger partial charge is 0.237 e. The van der Waals surface area contributed by atoms with E-state index in [4.69, 9.17) is 0 Å². The van der Waals surface area contributed by atoms with Gasteiger partial charge in [0.05, 0.1) is 30.7 Å². The van der Waals surface area contributed by atoms with Crippen molar-refractivity contribution in [3.8, 4) is 0 Å². The first kappa shape index (κ1) is 18.1. The van der Waals surface area contributed by atoms with E-state index in [1.807, 2.05) is 13.8 Å². The summed E-state index contributed by atoms with van der Waals surface area (Å²) in [6, 6.07) is 4.51. The summed E-state index contributed by atoms with van der Waals surface area (Å²) in [6.07, 6.45) is 2.43. The molecule has 0 saturated carbocycles. The van der Waals surface area contributed by atoms with E-state index in [2.05, 4.69) is 28.0 Å². The molecule has 0 spiro atoms. The molecule has 7 nitrogen and oxygen atoms in total. The van der Waals surface area contributed by atoms with Crippen molar-refractivity contribution < 1.29 is 15.0 Å². The van der Waals surface area contributed by atoms with Crippen LogP contribution in [0.5, 0.6) is 0 Å². The Hall–Kier alpha value is -1.93. The number of hydrogen-bond acceptors (Lipinski definition) is 5. The first-order valence-electron chi connectivity index (χ1n) is 10.2. The Bertz CT molecular complexity index is 951. The van der Waals surface area contributed by atoms with E-state index in [0.29, 0.717) is 12.0 Å². The number of β-amino-alcohol motifs (C(OH)–C–C–N with tert-alkyl or cyclic N) is 1. The Kier molecular flexibility index (Phi) is 4.07. The van der Waals surface area contributed by atoms with Crippen LogP contribution >= 0.6 is 0 Å². The highest BCUT2D eigenvalue weighted by molar-refractivity contribution is 6.10. The normalized spacial score (nSPS) is 26.9. The maximum Gasteiger partial charge on any atom is 0.237 e. The molecule has 3 aliphatic rings. The molecule has 3 atom stereocenters. The highest BCUT2D eigenvalue weighted by atomic mass is 16.3. The number of aromatic nitrogens is 1. The van der Waals surface area contributed by atoms with Crippen LogP contribution in [0.3, 0.4) is 0 Å². The van der Waals surface area contributed by atoms with E-state index in [0.717, 1.165) is 41.5 Å². The van der Waals surface area contributed by atoms with E-state index >= 15 is 0 Å². The number of aromatic amines is 1. The van der Waals surface area contributed by atoms with Crippen molar-refractivity contribution in [2.75, 3.05) is 24.6 Å². The van der Waals surface area contributed by atoms with Gasteiger partial charge in [0.15, 0.2) is 0 Å². The van der Waals surface area contributed by atoms with Crippen molar-refractivity contribution in [1.29, 1.82) is 0 Å². The molecule has 2 aromatic rings. The maximum absolute atomic E-state index is 13.0. The number of nitrogens with one attached hydrogen (secondary N) is 3. The number of aliphatic hydroxyl groups is 2. The van der Waals surface area contributed by atoms with Gasteiger partial charge < -0.3 is 20.1 Å². The first-order valence-corrected chi connectivity index (χ1v) is 10.2. The molecule has 2 aliphatic heterocycles. The minimum absolute atomic E-state index is 0.0320. The molecule has 1 fully saturated rings. The zero-order chi connectivity index (χ0) is 19.6. The van der Waals surface area contributed by atoms with Crippen molar-refractivity contribution in [1.82, 2.24) is 15.8 Å². The summed E-state index contributed by atoms with van der Waals surface area (Å²) in [5.41, 5.74) is 11.6. The Morgan fingerprint density at radius 2 is 2.18 bits per heavy atom. The monoisotopic (exact) mass is 384 g/mol. The summed E-state index contributed by atoms with van der Waals surface area (Å²) in [4.78, 5) is 18.3. The third-order valence-corrected chi connectivity index (χ3v) is 6.81. The third-order valence-electron chi connectivity index (χ3n) is 6.81. The second-order valence-corrected chi connectivity index (χ2v) is 8.96. The van der Waals surface area contributed by atoms with Crippen molar-refractivity contribution in [3.63, 3.8) is 0 Å². The third kappa shape index (κ3) is 2.47. The summed E-state index contributed by atoms with van der Waals surface area (Å²) in [5.74, 6) is 0.561. The molecule has 1 amide bonds. The summed E-state index contributed by atoms with van der Waals surface area (Å²) >= 11 is 0. The second kappa shape index (κ2) is 6.29. The zero-order valence-electron chi connectivity index (χ0n) is 16.4. The Morgan fingerprint density at radius 3 is 2.96 bits per heavy atom. The molecule has 5 N–H and O–H groups in total. The van der Waals surface area contributed by atoms with Crippen molar-refractivity contribution >= 4 is 22.5 Å². The van der Waals surface area contributed by atoms with Gasteiger partial charge in [-0.1, -0.05) is 0 Å². The number of rotatable bonds is 3. The number of hydrazine groups is 1. The van der Waals surface area contributed by atoms with Gasteiger partial charge in [-0.25, -0.2) is 5.43 Å². The SMILES string of the molecule is CC1(C)C(=O)N(CC(O)CO)c2cc3c4c([nH]c3cc21)C1NNCC1CCC4. The largest absolute Gasteiger partial charge is 0.394 e. The van der Waals surface area contributed by atoms with Crippen LogP contribution in [0, 0.1) is 5.92 Å². The molecule has 3 unspecified atom stereocenters. The van der Waals surface area contributed by atoms with Crippen LogP contribution in [0.4, 0.5) is 5.69 Å². The van der Waals surface area contributed by atoms with Gasteiger partial charge in [0.1, 0.15) is 0 Å². The number of hydrogen-bond donors (Lipinski definition) is 5. The number of nitrogens with zero attached hydrogens (tertiary/aromatic N) is 1. The highest BCUT2D eigenvalue weighted by Crippen LogP contribution is 2.46. The zero-order valence-corrected chi connectivity index (χ0v) is 16.4. The lowest BCUT2D eigenvalue weighted by Crippen LogP contribution is -2.41. The van der Waals surface area contributed by atoms with E-state index in [-0.39, 0.29) is 19.1 Å². The van der Waals surface area contributed by atoms with Crippen LogP contribution in [0.25, 0.3) is 10.9 Å². The van der Waals surface area contributed by atoms with Gasteiger partial charge in [-0.05, 0) is 62.3 Å². The quantitative estimate of drug-likeness (QED) is 0.548. The van der Waals surface area contributed by atoms with E-state index in [1.165, 1.54) is 17.7 Å². The number of H-pyrrole nitrogens is 1. The molecule has 1 aliphatic carbocycles. The van der Waals surface area contributed by atoms with Gasteiger partial charge in [-0.15, -0.1) is 0 Å². The molecule has 1 saturated heterocycles. The standard InChI is InChI=1S/C21H28N4O3/c1-21(2)15-7-16-14(6-17(15)25(20(21)28)9-12(27)10-26)13-5-3-4-11-8-22-24-18(11)19(13)23-16/h6-7,11-12,18,22-24,26-27H,3-5,8-10H2,1-2H3. The van der Waals surface area contributed by atoms with Gasteiger partial charge in [0.25, 0.3) is 0 Å². The number of benzene rings is 1. The number of amides is 1. The molecule has 0 bridgehead atoms. The van der Waals surface area contributed by atoms with E-state index < -0.39 is 11.5 Å². The van der Waals surface area contributed by atoms with Crippen LogP contribution < -0.4 is 15.8 Å². The molecule has 28 heavy (non-hydrogen) atoms. The molecule has 5 rings (SSSR count). The Balaban J connectivity index is 1.66. The van der Waals surface area contributed by atoms with Crippen LogP contribution in [-0.4, -0.2) is 46.9 Å². The molecular formula is C21H28N4O3. The van der Waals surface area contributed by atoms with Crippen LogP contribution in [-0.2, 0) is 16.6 Å². The fourth-order valence-corrected chi connectivity index (χ4v) is 5.23. The molecule has 1 aromatic carbocycles. The van der Waals surface area contributed by atoms with Crippen LogP contribution in [0.2, 0.25) is 0 Å². The predicted molar refractivity (Wildman–Crippen MR) is 107 cm³/mol. The topological polar surface area (TPSA) is 101 Å². The average Bonchev–Trinajstić information content (AvgIpc) is 3.29. The summed E-state index contributed by atoms with van der Waals surface area (Å²) in [6.45, 7) is 4.60. The number of carbonyl (C=O) groups excluding carboxylic acids is 1. The van der Waals surface area contributed by atoms with Gasteiger partial charge >= 0.3 is 0 Å². The van der Waals surface area contributed by atoms with Crippen molar-refractivity contribution in [2.45, 2.75) is 50.7 Å². The Morgan fingerprint density at radius 1 is 1.36 bits per heavy atom. The van der Waals surface area contributed by atoms with E-state index in [1.54, 1.807) is 4.90 Å². The molecule has 7 heteroatoms. The minimum atomic E-state index is -0.945. The number of aryl methyl sites for hydroxylation is 1. The Labute approximate surface area is 164 Å². The van der Waals surface area contributed by atoms with Crippen molar-refractivity contribution in [2.24, 2.45) is 5.92 Å². The van der Waals surface area contributed by atoms with Crippen molar-refractivity contribution in [3.05, 3.63) is 29.0 Å². The number of aliphatic hydroxyl groups excluding tert-OH is 2. The lowest BCUT2D eigenvalue weighted by Gasteiger charge is -2.22. The lowest BCUT2D eigenvalue weighted by atomic mass is 9.85. The van der Waals surface area contributed by atoms with Gasteiger partial charge in [-0.2, -0.15) is 0 Å². The van der Waals surface area contributed by atoms with Gasteiger partial charge in [0.2, 0.25) is 5.91 Å². The molecular weight excluding hydrogens is 356 g/mol. The highest BCUT2D eigenvalue weighted by Gasteiger charge is 2.45. The van der Waals surface area contributed by atoms with E-state index in [9.17, 15) is 15.0 Å². The van der Waals surface area contributed by atoms with Crippen LogP contribution in [0.15, 0.2) is 12.1 Å². The van der Waals surface area contributed by atoms with Crippen LogP contribution in [0.1, 0.15) is 49.6 Å². The maximum atomic E-state index is 13.0. The number of carbonyl (C=O) groups is 1. The summed E-state index contributed by atoms with van der Waals surface area (Å²) in [5, 5.41) is 20.4. The fraction of sp³-hybridized carbons (Fsp3) is 0.571. The molecule has 150 valence electrons. The van der Waals surface area contributed by atoms with Gasteiger partial charge in [0, 0.05) is 28.8 Å². The molecule has 0 radical (unpaired) electrons. The predicted octanol–water partition coefficient (Wildman–Crippen LogP) is 1.25. The number of fused-ring (bicyclic) bond motifs is 6.